The maximum absolute atomic E-state index is 10.6. The van der Waals surface area contributed by atoms with E-state index in [2.05, 4.69) is 17.9 Å². The van der Waals surface area contributed by atoms with Gasteiger partial charge < -0.3 is 5.11 Å². The molecule has 1 atom stereocenters. The van der Waals surface area contributed by atoms with E-state index in [0.29, 0.717) is 12.3 Å². The normalized spacial score (nSPS) is 11.5. The van der Waals surface area contributed by atoms with Crippen molar-refractivity contribution in [2.45, 2.75) is 12.6 Å². The molecule has 0 radical (unpaired) electrons. The van der Waals surface area contributed by atoms with E-state index in [1.807, 2.05) is 30.3 Å². The van der Waals surface area contributed by atoms with E-state index in [0.717, 1.165) is 5.56 Å². The van der Waals surface area contributed by atoms with Crippen LogP contribution in [0.5, 0.6) is 0 Å². The Morgan fingerprint density at radius 2 is 2.00 bits per heavy atom. The molecule has 1 rings (SSSR count). The summed E-state index contributed by atoms with van der Waals surface area (Å²) < 4.78 is 0. The van der Waals surface area contributed by atoms with Gasteiger partial charge >= 0.3 is 5.97 Å². The number of thiol groups is 1. The standard InChI is InChI=1S/C10H13NO2S.ClH/c12-10(13)9(7-14)11-6-8-4-2-1-3-5-8;/h1-5,9,11,14H,6-7H2,(H,12,13);1H/t9-;/m0./s1. The Labute approximate surface area is 101 Å². The molecule has 0 heterocycles. The molecule has 84 valence electrons. The molecular weight excluding hydrogens is 234 g/mol. The minimum Gasteiger partial charge on any atom is -0.480 e. The molecule has 0 aliphatic carbocycles. The summed E-state index contributed by atoms with van der Waals surface area (Å²) in [6.45, 7) is 0.554. The van der Waals surface area contributed by atoms with Crippen molar-refractivity contribution < 1.29 is 9.90 Å². The Kier molecular flexibility index (Phi) is 7.21. The van der Waals surface area contributed by atoms with Gasteiger partial charge in [0.2, 0.25) is 0 Å². The van der Waals surface area contributed by atoms with E-state index < -0.39 is 12.0 Å². The molecule has 0 saturated heterocycles. The zero-order chi connectivity index (χ0) is 10.4. The van der Waals surface area contributed by atoms with Gasteiger partial charge in [-0.15, -0.1) is 12.4 Å². The van der Waals surface area contributed by atoms with E-state index in [1.54, 1.807) is 0 Å². The van der Waals surface area contributed by atoms with Crippen molar-refractivity contribution in [1.29, 1.82) is 0 Å². The molecule has 0 bridgehead atoms. The molecule has 15 heavy (non-hydrogen) atoms. The number of rotatable bonds is 5. The fraction of sp³-hybridized carbons (Fsp3) is 0.300. The topological polar surface area (TPSA) is 49.3 Å². The molecule has 1 aromatic carbocycles. The van der Waals surface area contributed by atoms with Crippen molar-refractivity contribution in [3.63, 3.8) is 0 Å². The molecule has 0 aliphatic rings. The average Bonchev–Trinajstić information content (AvgIpc) is 2.20. The quantitative estimate of drug-likeness (QED) is 0.693. The summed E-state index contributed by atoms with van der Waals surface area (Å²) in [6.07, 6.45) is 0. The van der Waals surface area contributed by atoms with Crippen molar-refractivity contribution >= 4 is 31.0 Å². The van der Waals surface area contributed by atoms with Crippen molar-refractivity contribution in [3.8, 4) is 0 Å². The maximum Gasteiger partial charge on any atom is 0.321 e. The van der Waals surface area contributed by atoms with E-state index in [4.69, 9.17) is 5.11 Å². The fourth-order valence-corrected chi connectivity index (χ4v) is 1.35. The van der Waals surface area contributed by atoms with Crippen LogP contribution >= 0.6 is 25.0 Å². The maximum atomic E-state index is 10.6. The lowest BCUT2D eigenvalue weighted by atomic mass is 10.2. The second kappa shape index (κ2) is 7.56. The molecule has 0 amide bonds. The first kappa shape index (κ1) is 14.3. The molecule has 3 nitrogen and oxygen atoms in total. The van der Waals surface area contributed by atoms with Crippen LogP contribution in [0.1, 0.15) is 5.56 Å². The minimum absolute atomic E-state index is 0. The summed E-state index contributed by atoms with van der Waals surface area (Å²) >= 11 is 3.96. The van der Waals surface area contributed by atoms with Crippen LogP contribution in [-0.2, 0) is 11.3 Å². The highest BCUT2D eigenvalue weighted by atomic mass is 35.5. The Bertz CT molecular complexity index is 295. The number of nitrogens with one attached hydrogen (secondary N) is 1. The van der Waals surface area contributed by atoms with Crippen LogP contribution in [0.15, 0.2) is 30.3 Å². The highest BCUT2D eigenvalue weighted by molar-refractivity contribution is 7.80. The SMILES string of the molecule is Cl.O=C(O)[C@H](CS)NCc1ccccc1. The van der Waals surface area contributed by atoms with Gasteiger partial charge in [0, 0.05) is 12.3 Å². The van der Waals surface area contributed by atoms with Crippen LogP contribution in [0.3, 0.4) is 0 Å². The number of benzene rings is 1. The van der Waals surface area contributed by atoms with E-state index in [9.17, 15) is 4.79 Å². The Hall–Kier alpha value is -0.710. The van der Waals surface area contributed by atoms with Crippen LogP contribution < -0.4 is 5.32 Å². The van der Waals surface area contributed by atoms with E-state index in [-0.39, 0.29) is 12.4 Å². The lowest BCUT2D eigenvalue weighted by Gasteiger charge is -2.11. The average molecular weight is 248 g/mol. The monoisotopic (exact) mass is 247 g/mol. The third-order valence-corrected chi connectivity index (χ3v) is 2.24. The lowest BCUT2D eigenvalue weighted by Crippen LogP contribution is -2.37. The van der Waals surface area contributed by atoms with Crippen molar-refractivity contribution in [2.75, 3.05) is 5.75 Å². The van der Waals surface area contributed by atoms with Gasteiger partial charge in [0.15, 0.2) is 0 Å². The van der Waals surface area contributed by atoms with Gasteiger partial charge in [-0.2, -0.15) is 12.6 Å². The zero-order valence-corrected chi connectivity index (χ0v) is 9.80. The first-order valence-corrected chi connectivity index (χ1v) is 4.98. The molecule has 0 spiro atoms. The summed E-state index contributed by atoms with van der Waals surface area (Å²) in [5, 5.41) is 11.6. The van der Waals surface area contributed by atoms with Crippen molar-refractivity contribution in [3.05, 3.63) is 35.9 Å². The molecule has 1 aromatic rings. The van der Waals surface area contributed by atoms with Crippen LogP contribution in [0.4, 0.5) is 0 Å². The second-order valence-electron chi connectivity index (χ2n) is 2.94. The van der Waals surface area contributed by atoms with Crippen LogP contribution in [0, 0.1) is 0 Å². The number of hydrogen-bond acceptors (Lipinski definition) is 3. The molecule has 0 aliphatic heterocycles. The van der Waals surface area contributed by atoms with Gasteiger partial charge in [-0.25, -0.2) is 0 Å². The van der Waals surface area contributed by atoms with E-state index >= 15 is 0 Å². The predicted octanol–water partition coefficient (Wildman–Crippen LogP) is 1.58. The smallest absolute Gasteiger partial charge is 0.321 e. The summed E-state index contributed by atoms with van der Waals surface area (Å²) in [5.41, 5.74) is 1.07. The van der Waals surface area contributed by atoms with Gasteiger partial charge in [-0.1, -0.05) is 30.3 Å². The third-order valence-electron chi connectivity index (χ3n) is 1.88. The minimum atomic E-state index is -0.865. The predicted molar refractivity (Wildman–Crippen MR) is 65.8 cm³/mol. The third kappa shape index (κ3) is 5.06. The highest BCUT2D eigenvalue weighted by Gasteiger charge is 2.13. The molecular formula is C10H14ClNO2S. The first-order chi connectivity index (χ1) is 6.74. The molecule has 5 heteroatoms. The molecule has 0 saturated carbocycles. The summed E-state index contributed by atoms with van der Waals surface area (Å²) in [4.78, 5) is 10.6. The number of carboxylic acid groups (broad SMARTS) is 1. The number of aliphatic carboxylic acids is 1. The Balaban J connectivity index is 0.00000196. The van der Waals surface area contributed by atoms with Crippen LogP contribution in [-0.4, -0.2) is 22.9 Å². The molecule has 0 unspecified atom stereocenters. The molecule has 0 fully saturated rings. The van der Waals surface area contributed by atoms with Gasteiger partial charge in [-0.05, 0) is 5.56 Å². The highest BCUT2D eigenvalue weighted by Crippen LogP contribution is 1.99. The second-order valence-corrected chi connectivity index (χ2v) is 3.31. The summed E-state index contributed by atoms with van der Waals surface area (Å²) in [7, 11) is 0. The van der Waals surface area contributed by atoms with Gasteiger partial charge in [0.25, 0.3) is 0 Å². The molecule has 0 aromatic heterocycles. The largest absolute Gasteiger partial charge is 0.480 e. The fourth-order valence-electron chi connectivity index (χ4n) is 1.07. The Morgan fingerprint density at radius 3 is 2.47 bits per heavy atom. The number of carbonyl (C=O) groups is 1. The van der Waals surface area contributed by atoms with Gasteiger partial charge in [-0.3, -0.25) is 10.1 Å². The summed E-state index contributed by atoms with van der Waals surface area (Å²) in [6, 6.07) is 9.09. The van der Waals surface area contributed by atoms with Gasteiger partial charge in [0.05, 0.1) is 0 Å². The zero-order valence-electron chi connectivity index (χ0n) is 8.09. The summed E-state index contributed by atoms with van der Waals surface area (Å²) in [5.74, 6) is -0.571. The van der Waals surface area contributed by atoms with Crippen molar-refractivity contribution in [1.82, 2.24) is 5.32 Å². The van der Waals surface area contributed by atoms with Gasteiger partial charge in [0.1, 0.15) is 6.04 Å². The van der Waals surface area contributed by atoms with E-state index in [1.165, 1.54) is 0 Å². The molecule has 2 N–H and O–H groups in total. The Morgan fingerprint density at radius 1 is 1.40 bits per heavy atom. The van der Waals surface area contributed by atoms with Crippen molar-refractivity contribution in [2.24, 2.45) is 0 Å². The van der Waals surface area contributed by atoms with Crippen LogP contribution in [0.25, 0.3) is 0 Å². The van der Waals surface area contributed by atoms with Crippen LogP contribution in [0.2, 0.25) is 0 Å². The number of carboxylic acids is 1. The first-order valence-electron chi connectivity index (χ1n) is 4.35. The number of hydrogen-bond donors (Lipinski definition) is 3. The number of halogens is 1. The lowest BCUT2D eigenvalue weighted by molar-refractivity contribution is -0.138.